The van der Waals surface area contributed by atoms with Crippen molar-refractivity contribution in [3.05, 3.63) is 103 Å². The Bertz CT molecular complexity index is 2180. The Labute approximate surface area is 332 Å². The van der Waals surface area contributed by atoms with Crippen LogP contribution in [-0.4, -0.2) is 80.6 Å². The van der Waals surface area contributed by atoms with Gasteiger partial charge in [0.2, 0.25) is 11.8 Å². The van der Waals surface area contributed by atoms with Crippen molar-refractivity contribution in [2.24, 2.45) is 23.7 Å². The van der Waals surface area contributed by atoms with Crippen molar-refractivity contribution in [1.29, 1.82) is 0 Å². The highest BCUT2D eigenvalue weighted by atomic mass is 16.5. The Morgan fingerprint density at radius 1 is 0.825 bits per heavy atom. The minimum Gasteiger partial charge on any atom is -0.453 e. The fourth-order valence-electron chi connectivity index (χ4n) is 9.21. The van der Waals surface area contributed by atoms with Crippen LogP contribution in [0.15, 0.2) is 85.5 Å². The first kappa shape index (κ1) is 38.1. The number of hydrogen-bond donors (Lipinski definition) is 4. The van der Waals surface area contributed by atoms with E-state index in [0.29, 0.717) is 37.2 Å². The summed E-state index contributed by atoms with van der Waals surface area (Å²) in [7, 11) is 2.93. The molecule has 0 spiro atoms. The van der Waals surface area contributed by atoms with Crippen LogP contribution in [0.3, 0.4) is 0 Å². The van der Waals surface area contributed by atoms with Gasteiger partial charge in [0.1, 0.15) is 17.7 Å². The van der Waals surface area contributed by atoms with Gasteiger partial charge in [-0.05, 0) is 70.9 Å². The maximum atomic E-state index is 13.7. The molecule has 7 atom stereocenters. The van der Waals surface area contributed by atoms with Crippen LogP contribution in [0, 0.1) is 23.7 Å². The number of carbonyl (C=O) groups is 3. The lowest BCUT2D eigenvalue weighted by Crippen LogP contribution is -2.51. The Hall–Kier alpha value is -5.82. The number of amides is 3. The van der Waals surface area contributed by atoms with Crippen LogP contribution in [0.1, 0.15) is 68.7 Å². The number of imidazole rings is 2. The average molecular weight is 771 g/mol. The number of pyridine rings is 1. The molecule has 1 saturated heterocycles. The van der Waals surface area contributed by atoms with Gasteiger partial charge in [-0.15, -0.1) is 0 Å². The fraction of sp³-hybridized carbons (Fsp3) is 0.409. The molecule has 4 N–H and O–H groups in total. The fourth-order valence-corrected chi connectivity index (χ4v) is 9.21. The Kier molecular flexibility index (Phi) is 10.9. The van der Waals surface area contributed by atoms with Crippen LogP contribution in [0.25, 0.3) is 33.6 Å². The van der Waals surface area contributed by atoms with Crippen LogP contribution in [0.5, 0.6) is 0 Å². The quantitative estimate of drug-likeness (QED) is 0.110. The number of rotatable bonds is 12. The molecule has 3 aliphatic rings. The number of aromatic amines is 2. The standard InChI is InChI=1S/C44H50N8O5/c1-25(2)39(51-44(55)57-4)43(54)52-24-33(56-3)19-36(52)40-46-22-34(49-40)29-11-7-27(8-12-29)28-9-13-30(14-10-28)35-23-47-41(50-35)37-31-15-16-32(18-31)38(37)42(53)48-21-26-6-5-17-45-20-26/h5-14,17,20,22-23,25,31-33,36-39H,15-16,18-19,21,24H2,1-4H3,(H,46,49)(H,47,50)(H,48,53)(H,51,55)/t31?,32?,33-,36-,37+,38+,39?/m0/s1. The molecular weight excluding hydrogens is 721 g/mol. The first-order valence-electron chi connectivity index (χ1n) is 19.9. The molecule has 3 fully saturated rings. The molecule has 8 rings (SSSR count). The summed E-state index contributed by atoms with van der Waals surface area (Å²) in [6.45, 7) is 4.65. The highest BCUT2D eigenvalue weighted by Crippen LogP contribution is 2.56. The average Bonchev–Trinajstić information content (AvgIpc) is 4.10. The van der Waals surface area contributed by atoms with Crippen molar-refractivity contribution in [3.8, 4) is 33.6 Å². The van der Waals surface area contributed by atoms with Gasteiger partial charge >= 0.3 is 6.09 Å². The summed E-state index contributed by atoms with van der Waals surface area (Å²) in [6.07, 6.45) is 10.3. The van der Waals surface area contributed by atoms with Crippen LogP contribution in [-0.2, 0) is 25.6 Å². The Morgan fingerprint density at radius 3 is 2.07 bits per heavy atom. The third-order valence-corrected chi connectivity index (χ3v) is 12.2. The Morgan fingerprint density at radius 2 is 1.46 bits per heavy atom. The molecule has 4 heterocycles. The monoisotopic (exact) mass is 770 g/mol. The second kappa shape index (κ2) is 16.3. The van der Waals surface area contributed by atoms with Gasteiger partial charge < -0.3 is 35.0 Å². The van der Waals surface area contributed by atoms with Crippen LogP contribution in [0.4, 0.5) is 4.79 Å². The largest absolute Gasteiger partial charge is 0.453 e. The molecule has 1 aliphatic heterocycles. The summed E-state index contributed by atoms with van der Waals surface area (Å²) in [5.74, 6) is 2.19. The molecule has 2 aromatic carbocycles. The summed E-state index contributed by atoms with van der Waals surface area (Å²) in [4.78, 5) is 61.8. The van der Waals surface area contributed by atoms with E-state index in [9.17, 15) is 14.4 Å². The van der Waals surface area contributed by atoms with Gasteiger partial charge in [-0.3, -0.25) is 14.6 Å². The van der Waals surface area contributed by atoms with E-state index in [1.165, 1.54) is 7.11 Å². The maximum absolute atomic E-state index is 13.7. The third kappa shape index (κ3) is 7.80. The number of alkyl carbamates (subject to hydrolysis) is 1. The number of hydrogen-bond acceptors (Lipinski definition) is 8. The first-order chi connectivity index (χ1) is 27.7. The lowest BCUT2D eigenvalue weighted by molar-refractivity contribution is -0.136. The highest BCUT2D eigenvalue weighted by Gasteiger charge is 2.52. The van der Waals surface area contributed by atoms with Gasteiger partial charge in [-0.25, -0.2) is 14.8 Å². The second-order valence-electron chi connectivity index (χ2n) is 15.9. The molecule has 5 aromatic rings. The highest BCUT2D eigenvalue weighted by molar-refractivity contribution is 5.86. The normalized spacial score (nSPS) is 23.1. The summed E-state index contributed by atoms with van der Waals surface area (Å²) < 4.78 is 10.4. The number of methoxy groups -OCH3 is 2. The van der Waals surface area contributed by atoms with Gasteiger partial charge in [0.15, 0.2) is 0 Å². The van der Waals surface area contributed by atoms with E-state index in [1.54, 1.807) is 30.6 Å². The smallest absolute Gasteiger partial charge is 0.407 e. The van der Waals surface area contributed by atoms with E-state index >= 15 is 0 Å². The van der Waals surface area contributed by atoms with Crippen LogP contribution in [0.2, 0.25) is 0 Å². The Balaban J connectivity index is 0.930. The van der Waals surface area contributed by atoms with Gasteiger partial charge in [0, 0.05) is 44.9 Å². The van der Waals surface area contributed by atoms with E-state index in [-0.39, 0.29) is 41.7 Å². The summed E-state index contributed by atoms with van der Waals surface area (Å²) >= 11 is 0. The van der Waals surface area contributed by atoms with Gasteiger partial charge in [-0.1, -0.05) is 68.4 Å². The van der Waals surface area contributed by atoms with Crippen LogP contribution < -0.4 is 10.6 Å². The first-order valence-corrected chi connectivity index (χ1v) is 19.9. The number of benzene rings is 2. The predicted octanol–water partition coefficient (Wildman–Crippen LogP) is 6.64. The third-order valence-electron chi connectivity index (χ3n) is 12.2. The molecule has 3 aromatic heterocycles. The van der Waals surface area contributed by atoms with Crippen molar-refractivity contribution in [2.75, 3.05) is 20.8 Å². The van der Waals surface area contributed by atoms with Crippen molar-refractivity contribution in [2.45, 2.75) is 70.2 Å². The van der Waals surface area contributed by atoms with E-state index in [0.717, 1.165) is 64.3 Å². The number of nitrogens with zero attached hydrogens (tertiary/aromatic N) is 4. The molecule has 3 amide bonds. The zero-order valence-electron chi connectivity index (χ0n) is 32.8. The van der Waals surface area contributed by atoms with E-state index < -0.39 is 12.1 Å². The molecule has 57 heavy (non-hydrogen) atoms. The SMILES string of the molecule is COC(=O)NC(C(=O)N1C[C@@H](OC)C[C@H]1c1ncc(-c2ccc(-c3ccc(-c4cnc([C@@H]5C6CCC(C6)[C@H]5C(=O)NCc5cccnc5)[nH]4)cc3)cc2)[nH]1)C(C)C. The molecule has 2 bridgehead atoms. The van der Waals surface area contributed by atoms with Crippen LogP contribution >= 0.6 is 0 Å². The molecule has 2 saturated carbocycles. The molecular formula is C44H50N8O5. The number of nitrogens with one attached hydrogen (secondary N) is 4. The number of H-pyrrole nitrogens is 2. The number of likely N-dealkylation sites (tertiary alicyclic amines) is 1. The van der Waals surface area contributed by atoms with Crippen molar-refractivity contribution in [3.63, 3.8) is 0 Å². The van der Waals surface area contributed by atoms with E-state index in [4.69, 9.17) is 19.4 Å². The minimum atomic E-state index is -0.744. The zero-order chi connectivity index (χ0) is 39.6. The topological polar surface area (TPSA) is 167 Å². The van der Waals surface area contributed by atoms with Gasteiger partial charge in [0.25, 0.3) is 0 Å². The summed E-state index contributed by atoms with van der Waals surface area (Å²) in [5.41, 5.74) is 6.94. The number of fused-ring (bicyclic) bond motifs is 2. The number of aromatic nitrogens is 5. The predicted molar refractivity (Wildman–Crippen MR) is 214 cm³/mol. The lowest BCUT2D eigenvalue weighted by Gasteiger charge is -2.29. The summed E-state index contributed by atoms with van der Waals surface area (Å²) in [6, 6.07) is 19.5. The summed E-state index contributed by atoms with van der Waals surface area (Å²) in [5, 5.41) is 5.87. The number of carbonyl (C=O) groups excluding carboxylic acids is 3. The van der Waals surface area contributed by atoms with Crippen molar-refractivity contribution in [1.82, 2.24) is 40.5 Å². The second-order valence-corrected chi connectivity index (χ2v) is 15.9. The molecule has 13 heteroatoms. The van der Waals surface area contributed by atoms with Crippen molar-refractivity contribution >= 4 is 17.9 Å². The maximum Gasteiger partial charge on any atom is 0.407 e. The molecule has 296 valence electrons. The molecule has 3 unspecified atom stereocenters. The van der Waals surface area contributed by atoms with Gasteiger partial charge in [0.05, 0.1) is 49.0 Å². The molecule has 0 radical (unpaired) electrons. The van der Waals surface area contributed by atoms with Gasteiger partial charge in [-0.2, -0.15) is 0 Å². The van der Waals surface area contributed by atoms with E-state index in [1.807, 2.05) is 32.2 Å². The van der Waals surface area contributed by atoms with Crippen molar-refractivity contribution < 1.29 is 23.9 Å². The van der Waals surface area contributed by atoms with E-state index in [2.05, 4.69) is 74.1 Å². The molecule has 2 aliphatic carbocycles. The molecule has 13 nitrogen and oxygen atoms in total. The lowest BCUT2D eigenvalue weighted by atomic mass is 9.78. The zero-order valence-corrected chi connectivity index (χ0v) is 32.8. The number of ether oxygens (including phenoxy) is 2. The minimum absolute atomic E-state index is 0.0814.